The Kier molecular flexibility index (Phi) is 8.07. The van der Waals surface area contributed by atoms with E-state index in [2.05, 4.69) is 168 Å². The first-order valence-corrected chi connectivity index (χ1v) is 22.3. The van der Waals surface area contributed by atoms with Crippen LogP contribution in [0.1, 0.15) is 68.4 Å². The van der Waals surface area contributed by atoms with Crippen molar-refractivity contribution in [1.29, 1.82) is 0 Å². The number of hydrogen-bond acceptors (Lipinski definition) is 3. The zero-order chi connectivity index (χ0) is 37.5. The minimum Gasteiger partial charge on any atom is -0.341 e. The second-order valence-corrected chi connectivity index (χ2v) is 18.3. The van der Waals surface area contributed by atoms with Crippen molar-refractivity contribution in [2.45, 2.75) is 69.4 Å². The fraction of sp³-hybridized carbons (Fsp3) is 0.259. The fourth-order valence-electron chi connectivity index (χ4n) is 11.8. The van der Waals surface area contributed by atoms with Gasteiger partial charge < -0.3 is 9.80 Å². The second-order valence-electron chi connectivity index (χ2n) is 17.3. The Morgan fingerprint density at radius 3 is 2.42 bits per heavy atom. The van der Waals surface area contributed by atoms with Crippen LogP contribution in [0.25, 0.3) is 36.9 Å². The molecule has 6 aliphatic rings. The number of allylic oxidation sites excluding steroid dienone is 8. The zero-order valence-corrected chi connectivity index (χ0v) is 33.3. The third-order valence-electron chi connectivity index (χ3n) is 14.3. The van der Waals surface area contributed by atoms with E-state index in [1.54, 1.807) is 11.3 Å². The van der Waals surface area contributed by atoms with Gasteiger partial charge in [0, 0.05) is 62.4 Å². The molecule has 5 aromatic carbocycles. The van der Waals surface area contributed by atoms with Gasteiger partial charge in [0.25, 0.3) is 0 Å². The molecular formula is C54H48N2S. The number of anilines is 3. The minimum absolute atomic E-state index is 0.422. The number of fused-ring (bicyclic) bond motifs is 9. The van der Waals surface area contributed by atoms with Gasteiger partial charge >= 0.3 is 0 Å². The maximum Gasteiger partial charge on any atom is 0.0595 e. The molecule has 4 aliphatic carbocycles. The predicted octanol–water partition coefficient (Wildman–Crippen LogP) is 14.5. The lowest BCUT2D eigenvalue weighted by molar-refractivity contribution is 0.344. The Morgan fingerprint density at radius 2 is 1.49 bits per heavy atom. The van der Waals surface area contributed by atoms with Gasteiger partial charge in [-0.1, -0.05) is 127 Å². The number of rotatable bonds is 5. The molecule has 1 fully saturated rings. The van der Waals surface area contributed by atoms with E-state index in [1.165, 1.54) is 97.2 Å². The standard InChI is InChI=1S/C54H48N2S/c1-3-14-35(15-4-1)39-30-40(36-16-5-2-6-17-36)32-41(31-39)55-48-22-10-7-18-42(48)46-33-37(26-28-50(46)55)38-27-29-51-47(34-38)43-19-8-11-23-49(43)56(51)52-24-13-21-45-44-20-9-12-25-53(44)57-54(45)52/h1-5,7-9,11-16,18-21,23-25,28,30-32,34,37,42,46-48,51H,6,10,17,22,26-27,29,33H2. The summed E-state index contributed by atoms with van der Waals surface area (Å²) in [4.78, 5) is 5.54. The van der Waals surface area contributed by atoms with Crippen LogP contribution < -0.4 is 9.80 Å². The van der Waals surface area contributed by atoms with E-state index >= 15 is 0 Å². The van der Waals surface area contributed by atoms with Gasteiger partial charge in [-0.05, 0) is 122 Å². The number of para-hydroxylation sites is 1. The number of nitrogens with zero attached hydrogens (tertiary/aromatic N) is 2. The van der Waals surface area contributed by atoms with Crippen LogP contribution in [0.15, 0.2) is 169 Å². The molecule has 2 nitrogen and oxygen atoms in total. The summed E-state index contributed by atoms with van der Waals surface area (Å²) < 4.78 is 2.80. The lowest BCUT2D eigenvalue weighted by Gasteiger charge is -2.37. The van der Waals surface area contributed by atoms with Gasteiger partial charge in [-0.15, -0.1) is 11.3 Å². The van der Waals surface area contributed by atoms with Crippen LogP contribution in [0.5, 0.6) is 0 Å². The van der Waals surface area contributed by atoms with E-state index in [-0.39, 0.29) is 0 Å². The summed E-state index contributed by atoms with van der Waals surface area (Å²) in [6, 6.07) is 44.7. The molecule has 0 spiro atoms. The summed E-state index contributed by atoms with van der Waals surface area (Å²) in [5.74, 6) is 2.15. The molecule has 0 bridgehead atoms. The summed E-state index contributed by atoms with van der Waals surface area (Å²) in [5.41, 5.74) is 14.4. The molecule has 12 rings (SSSR count). The van der Waals surface area contributed by atoms with Crippen molar-refractivity contribution in [2.75, 3.05) is 9.80 Å². The normalized spacial score (nSPS) is 26.1. The third-order valence-corrected chi connectivity index (χ3v) is 15.5. The number of thiophene rings is 1. The number of benzene rings is 5. The molecule has 0 N–H and O–H groups in total. The molecule has 6 aromatic rings. The molecule has 3 heterocycles. The van der Waals surface area contributed by atoms with Crippen molar-refractivity contribution >= 4 is 54.1 Å². The topological polar surface area (TPSA) is 6.48 Å². The van der Waals surface area contributed by atoms with Crippen LogP contribution in [0.4, 0.5) is 17.1 Å². The average Bonchev–Trinajstić information content (AvgIpc) is 3.94. The highest BCUT2D eigenvalue weighted by Crippen LogP contribution is 2.56. The van der Waals surface area contributed by atoms with Gasteiger partial charge in [-0.25, -0.2) is 0 Å². The van der Waals surface area contributed by atoms with Crippen LogP contribution >= 0.6 is 11.3 Å². The summed E-state index contributed by atoms with van der Waals surface area (Å²) in [5, 5.41) is 2.76. The fourth-order valence-corrected chi connectivity index (χ4v) is 13.0. The molecule has 280 valence electrons. The molecule has 0 radical (unpaired) electrons. The summed E-state index contributed by atoms with van der Waals surface area (Å²) >= 11 is 1.96. The van der Waals surface area contributed by atoms with E-state index < -0.39 is 0 Å². The van der Waals surface area contributed by atoms with Crippen molar-refractivity contribution in [2.24, 2.45) is 17.8 Å². The van der Waals surface area contributed by atoms with E-state index in [4.69, 9.17) is 0 Å². The molecule has 1 aromatic heterocycles. The second kappa shape index (κ2) is 13.6. The Morgan fingerprint density at radius 1 is 0.649 bits per heavy atom. The highest BCUT2D eigenvalue weighted by molar-refractivity contribution is 7.26. The molecule has 1 saturated heterocycles. The molecule has 2 aliphatic heterocycles. The Hall–Kier alpha value is -5.38. The van der Waals surface area contributed by atoms with Gasteiger partial charge in [0.1, 0.15) is 0 Å². The van der Waals surface area contributed by atoms with E-state index in [0.29, 0.717) is 35.8 Å². The number of hydrogen-bond donors (Lipinski definition) is 0. The minimum atomic E-state index is 0.422. The summed E-state index contributed by atoms with van der Waals surface area (Å²) in [6.45, 7) is 0. The first-order chi connectivity index (χ1) is 28.3. The lowest BCUT2D eigenvalue weighted by Crippen LogP contribution is -2.33. The molecule has 6 unspecified atom stereocenters. The highest BCUT2D eigenvalue weighted by Gasteiger charge is 2.48. The van der Waals surface area contributed by atoms with Crippen molar-refractivity contribution < 1.29 is 0 Å². The smallest absolute Gasteiger partial charge is 0.0595 e. The van der Waals surface area contributed by atoms with Crippen molar-refractivity contribution in [3.8, 4) is 11.1 Å². The predicted molar refractivity (Wildman–Crippen MR) is 242 cm³/mol. The maximum atomic E-state index is 2.81. The van der Waals surface area contributed by atoms with Crippen LogP contribution in [0.2, 0.25) is 0 Å². The van der Waals surface area contributed by atoms with E-state index in [1.807, 2.05) is 11.3 Å². The first kappa shape index (κ1) is 33.7. The highest BCUT2D eigenvalue weighted by atomic mass is 32.1. The van der Waals surface area contributed by atoms with Crippen LogP contribution in [-0.4, -0.2) is 12.1 Å². The van der Waals surface area contributed by atoms with Gasteiger partial charge in [-0.2, -0.15) is 0 Å². The average molecular weight is 757 g/mol. The maximum absolute atomic E-state index is 2.81. The van der Waals surface area contributed by atoms with E-state index in [0.717, 1.165) is 19.3 Å². The van der Waals surface area contributed by atoms with Crippen molar-refractivity contribution in [3.05, 3.63) is 180 Å². The molecular weight excluding hydrogens is 709 g/mol. The van der Waals surface area contributed by atoms with E-state index in [9.17, 15) is 0 Å². The monoisotopic (exact) mass is 756 g/mol. The van der Waals surface area contributed by atoms with Gasteiger partial charge in [0.15, 0.2) is 0 Å². The van der Waals surface area contributed by atoms with Crippen molar-refractivity contribution in [1.82, 2.24) is 0 Å². The first-order valence-electron chi connectivity index (χ1n) is 21.5. The molecule has 6 atom stereocenters. The summed E-state index contributed by atoms with van der Waals surface area (Å²) in [7, 11) is 0. The van der Waals surface area contributed by atoms with Gasteiger partial charge in [0.05, 0.1) is 10.4 Å². The summed E-state index contributed by atoms with van der Waals surface area (Å²) in [6.07, 6.45) is 26.8. The molecule has 0 amide bonds. The van der Waals surface area contributed by atoms with Crippen LogP contribution in [-0.2, 0) is 0 Å². The largest absolute Gasteiger partial charge is 0.341 e. The Bertz CT molecular complexity index is 2710. The quantitative estimate of drug-likeness (QED) is 0.162. The Labute approximate surface area is 340 Å². The van der Waals surface area contributed by atoms with Gasteiger partial charge in [0.2, 0.25) is 0 Å². The lowest BCUT2D eigenvalue weighted by atomic mass is 9.71. The molecule has 0 saturated carbocycles. The molecule has 3 heteroatoms. The third kappa shape index (κ3) is 5.49. The van der Waals surface area contributed by atoms with Crippen LogP contribution in [0.3, 0.4) is 0 Å². The van der Waals surface area contributed by atoms with Crippen LogP contribution in [0, 0.1) is 17.8 Å². The Balaban J connectivity index is 0.897. The van der Waals surface area contributed by atoms with Gasteiger partial charge in [-0.3, -0.25) is 0 Å². The molecule has 57 heavy (non-hydrogen) atoms. The van der Waals surface area contributed by atoms with Crippen molar-refractivity contribution in [3.63, 3.8) is 0 Å². The SMILES string of the molecule is C1=CCCC(c2cc(-c3ccccc3)cc(N3C4=CCC(C5=CC6c7ccccc7N(c7cccc8c7sc7ccccc78)C6CC5)CC4C4C=CCCC43)c2)=C1. The zero-order valence-electron chi connectivity index (χ0n) is 32.4.